The van der Waals surface area contributed by atoms with E-state index in [-0.39, 0.29) is 29.3 Å². The van der Waals surface area contributed by atoms with Crippen molar-refractivity contribution in [3.63, 3.8) is 0 Å². The third-order valence-electron chi connectivity index (χ3n) is 7.22. The summed E-state index contributed by atoms with van der Waals surface area (Å²) in [5.41, 5.74) is 2.19. The van der Waals surface area contributed by atoms with Gasteiger partial charge in [-0.15, -0.1) is 12.4 Å². The van der Waals surface area contributed by atoms with Crippen LogP contribution in [0.1, 0.15) is 42.6 Å². The Labute approximate surface area is 247 Å². The Morgan fingerprint density at radius 3 is 2.42 bits per heavy atom. The number of thiazole rings is 1. The molecule has 1 fully saturated rings. The topological polar surface area (TPSA) is 92.3 Å². The van der Waals surface area contributed by atoms with Crippen LogP contribution in [0.3, 0.4) is 0 Å². The Kier molecular flexibility index (Phi) is 11.3. The number of nitrogens with zero attached hydrogens (tertiary/aromatic N) is 4. The second-order valence-electron chi connectivity index (χ2n) is 9.69. The van der Waals surface area contributed by atoms with Crippen LogP contribution in [0.2, 0.25) is 0 Å². The molecule has 1 amide bonds. The van der Waals surface area contributed by atoms with Gasteiger partial charge in [-0.25, -0.2) is 13.4 Å². The smallest absolute Gasteiger partial charge is 0.260 e. The average Bonchev–Trinajstić information content (AvgIpc) is 3.62. The van der Waals surface area contributed by atoms with Gasteiger partial charge < -0.3 is 14.4 Å². The van der Waals surface area contributed by atoms with Crippen LogP contribution in [0.15, 0.2) is 41.3 Å². The number of aryl methyl sites for hydroxylation is 1. The SMILES string of the molecule is CCN(CC)CCN(C(=O)c1ccc(S(=O)(=O)N(C)CC2CCCO2)cc1)c1nc2c(OC)ccc(C)c2s1.Cl. The van der Waals surface area contributed by atoms with Gasteiger partial charge in [-0.2, -0.15) is 4.31 Å². The van der Waals surface area contributed by atoms with E-state index in [2.05, 4.69) is 18.7 Å². The summed E-state index contributed by atoms with van der Waals surface area (Å²) in [6.07, 6.45) is 1.72. The van der Waals surface area contributed by atoms with Crippen LogP contribution in [0.4, 0.5) is 5.13 Å². The number of fused-ring (bicyclic) bond motifs is 1. The zero-order chi connectivity index (χ0) is 28.2. The second-order valence-corrected chi connectivity index (χ2v) is 12.7. The molecule has 12 heteroatoms. The quantitative estimate of drug-likeness (QED) is 0.290. The number of methoxy groups -OCH3 is 1. The van der Waals surface area contributed by atoms with E-state index in [1.807, 2.05) is 19.1 Å². The number of aromatic nitrogens is 1. The molecule has 1 saturated heterocycles. The number of carbonyl (C=O) groups is 1. The highest BCUT2D eigenvalue weighted by Crippen LogP contribution is 2.37. The molecule has 1 aromatic heterocycles. The van der Waals surface area contributed by atoms with Gasteiger partial charge in [0.2, 0.25) is 10.0 Å². The Hall–Kier alpha value is -2.28. The summed E-state index contributed by atoms with van der Waals surface area (Å²) in [4.78, 5) is 22.7. The minimum Gasteiger partial charge on any atom is -0.494 e. The minimum atomic E-state index is -3.70. The van der Waals surface area contributed by atoms with Crippen LogP contribution in [-0.4, -0.2) is 88.1 Å². The first-order valence-corrected chi connectivity index (χ1v) is 15.6. The standard InChI is InChI=1S/C28H38N4O5S2.ClH/c1-6-31(7-2)16-17-32(28-29-25-24(36-5)15-10-20(3)26(25)38-28)27(33)21-11-13-23(14-12-21)39(34,35)30(4)19-22-9-8-18-37-22;/h10-15,22H,6-9,16-19H2,1-5H3;1H. The lowest BCUT2D eigenvalue weighted by Gasteiger charge is -2.25. The van der Waals surface area contributed by atoms with E-state index in [1.165, 1.54) is 27.8 Å². The van der Waals surface area contributed by atoms with Gasteiger partial charge in [-0.1, -0.05) is 31.3 Å². The lowest BCUT2D eigenvalue weighted by molar-refractivity contribution is 0.0978. The number of rotatable bonds is 12. The molecule has 0 saturated carbocycles. The number of ether oxygens (including phenoxy) is 2. The monoisotopic (exact) mass is 610 g/mol. The van der Waals surface area contributed by atoms with Gasteiger partial charge in [0.1, 0.15) is 11.3 Å². The Morgan fingerprint density at radius 1 is 1.12 bits per heavy atom. The van der Waals surface area contributed by atoms with Crippen molar-refractivity contribution in [1.29, 1.82) is 0 Å². The molecule has 1 aliphatic heterocycles. The van der Waals surface area contributed by atoms with Crippen LogP contribution in [0, 0.1) is 6.92 Å². The van der Waals surface area contributed by atoms with E-state index in [1.54, 1.807) is 31.2 Å². The van der Waals surface area contributed by atoms with Crippen molar-refractivity contribution in [3.05, 3.63) is 47.5 Å². The zero-order valence-electron chi connectivity index (χ0n) is 23.8. The van der Waals surface area contributed by atoms with Gasteiger partial charge in [0.05, 0.1) is 22.8 Å². The first-order valence-electron chi connectivity index (χ1n) is 13.4. The number of carbonyl (C=O) groups excluding carboxylic acids is 1. The summed E-state index contributed by atoms with van der Waals surface area (Å²) in [6, 6.07) is 10.0. The van der Waals surface area contributed by atoms with E-state index in [9.17, 15) is 13.2 Å². The van der Waals surface area contributed by atoms with Crippen molar-refractivity contribution < 1.29 is 22.7 Å². The van der Waals surface area contributed by atoms with Gasteiger partial charge >= 0.3 is 0 Å². The third-order valence-corrected chi connectivity index (χ3v) is 10.3. The summed E-state index contributed by atoms with van der Waals surface area (Å²) in [7, 11) is -0.527. The molecule has 0 aliphatic carbocycles. The number of hydrogen-bond donors (Lipinski definition) is 0. The molecule has 1 aliphatic rings. The molecule has 3 aromatic rings. The van der Waals surface area contributed by atoms with Crippen molar-refractivity contribution in [2.75, 3.05) is 58.4 Å². The molecular formula is C28H39ClN4O5S2. The molecule has 9 nitrogen and oxygen atoms in total. The number of halogens is 1. The normalized spacial score (nSPS) is 15.5. The van der Waals surface area contributed by atoms with Crippen molar-refractivity contribution in [3.8, 4) is 5.75 Å². The average molecular weight is 611 g/mol. The lowest BCUT2D eigenvalue weighted by atomic mass is 10.2. The van der Waals surface area contributed by atoms with Crippen molar-refractivity contribution in [2.45, 2.75) is 44.6 Å². The van der Waals surface area contributed by atoms with E-state index in [0.29, 0.717) is 42.7 Å². The predicted molar refractivity (Wildman–Crippen MR) is 163 cm³/mol. The number of likely N-dealkylation sites (N-methyl/N-ethyl adjacent to an activating group) is 2. The number of amides is 1. The molecule has 2 heterocycles. The largest absolute Gasteiger partial charge is 0.494 e. The van der Waals surface area contributed by atoms with Crippen molar-refractivity contribution in [2.24, 2.45) is 0 Å². The Balaban J connectivity index is 0.00000441. The lowest BCUT2D eigenvalue weighted by Crippen LogP contribution is -2.39. The van der Waals surface area contributed by atoms with E-state index < -0.39 is 10.0 Å². The number of hydrogen-bond acceptors (Lipinski definition) is 8. The molecule has 0 bridgehead atoms. The minimum absolute atomic E-state index is 0. The molecule has 220 valence electrons. The van der Waals surface area contributed by atoms with Crippen LogP contribution in [0.5, 0.6) is 5.75 Å². The maximum atomic E-state index is 13.8. The van der Waals surface area contributed by atoms with Crippen LogP contribution >= 0.6 is 23.7 Å². The molecule has 4 rings (SSSR count). The number of benzene rings is 2. The highest BCUT2D eigenvalue weighted by Gasteiger charge is 2.27. The van der Waals surface area contributed by atoms with E-state index in [0.717, 1.165) is 41.7 Å². The summed E-state index contributed by atoms with van der Waals surface area (Å²) < 4.78 is 39.7. The fourth-order valence-corrected chi connectivity index (χ4v) is 7.00. The van der Waals surface area contributed by atoms with Gasteiger partial charge in [-0.3, -0.25) is 9.69 Å². The first-order chi connectivity index (χ1) is 18.7. The van der Waals surface area contributed by atoms with E-state index >= 15 is 0 Å². The fraction of sp³-hybridized carbons (Fsp3) is 0.500. The van der Waals surface area contributed by atoms with E-state index in [4.69, 9.17) is 14.5 Å². The fourth-order valence-electron chi connectivity index (χ4n) is 4.72. The Morgan fingerprint density at radius 2 is 1.82 bits per heavy atom. The maximum absolute atomic E-state index is 13.8. The maximum Gasteiger partial charge on any atom is 0.260 e. The van der Waals surface area contributed by atoms with Gasteiger partial charge in [0, 0.05) is 38.9 Å². The molecule has 1 atom stereocenters. The second kappa shape index (κ2) is 14.1. The van der Waals surface area contributed by atoms with Gasteiger partial charge in [0.25, 0.3) is 5.91 Å². The number of anilines is 1. The van der Waals surface area contributed by atoms with Crippen LogP contribution in [-0.2, 0) is 14.8 Å². The third kappa shape index (κ3) is 6.95. The molecule has 0 spiro atoms. The molecule has 1 unspecified atom stereocenters. The molecular weight excluding hydrogens is 572 g/mol. The molecule has 2 aromatic carbocycles. The highest BCUT2D eigenvalue weighted by molar-refractivity contribution is 7.89. The van der Waals surface area contributed by atoms with Crippen LogP contribution < -0.4 is 9.64 Å². The van der Waals surface area contributed by atoms with Gasteiger partial charge in [0.15, 0.2) is 5.13 Å². The molecule has 0 radical (unpaired) electrons. The van der Waals surface area contributed by atoms with Crippen molar-refractivity contribution >= 4 is 55.0 Å². The van der Waals surface area contributed by atoms with Gasteiger partial charge in [-0.05, 0) is 68.8 Å². The summed E-state index contributed by atoms with van der Waals surface area (Å²) in [5, 5.41) is 0.586. The highest BCUT2D eigenvalue weighted by atomic mass is 35.5. The summed E-state index contributed by atoms with van der Waals surface area (Å²) in [6.45, 7) is 10.1. The van der Waals surface area contributed by atoms with Crippen molar-refractivity contribution in [1.82, 2.24) is 14.2 Å². The predicted octanol–water partition coefficient (Wildman–Crippen LogP) is 4.82. The zero-order valence-corrected chi connectivity index (χ0v) is 26.2. The number of sulfonamides is 1. The van der Waals surface area contributed by atoms with Crippen LogP contribution in [0.25, 0.3) is 10.2 Å². The molecule has 0 N–H and O–H groups in total. The Bertz CT molecular complexity index is 1390. The molecule has 40 heavy (non-hydrogen) atoms. The first kappa shape index (κ1) is 32.2. The summed E-state index contributed by atoms with van der Waals surface area (Å²) >= 11 is 1.46. The summed E-state index contributed by atoms with van der Waals surface area (Å²) in [5.74, 6) is 0.436.